The molecule has 0 unspecified atom stereocenters. The fourth-order valence-corrected chi connectivity index (χ4v) is 1.84. The molecule has 0 radical (unpaired) electrons. The average molecular weight is 233 g/mol. The van der Waals surface area contributed by atoms with Crippen molar-refractivity contribution in [3.05, 3.63) is 35.8 Å². The largest absolute Gasteiger partial charge is 0.331 e. The van der Waals surface area contributed by atoms with Crippen molar-refractivity contribution in [2.24, 2.45) is 0 Å². The molecule has 0 aliphatic rings. The zero-order valence-electron chi connectivity index (χ0n) is 8.73. The van der Waals surface area contributed by atoms with Gasteiger partial charge in [0.15, 0.2) is 5.13 Å². The van der Waals surface area contributed by atoms with Crippen molar-refractivity contribution in [2.45, 2.75) is 6.92 Å². The first-order valence-corrected chi connectivity index (χ1v) is 5.66. The number of nitrogens with zero attached hydrogens (tertiary/aromatic N) is 1. The Bertz CT molecular complexity index is 482. The van der Waals surface area contributed by atoms with Gasteiger partial charge in [-0.05, 0) is 18.2 Å². The molecule has 0 bridgehead atoms. The fraction of sp³-hybridized carbons (Fsp3) is 0.0909. The van der Waals surface area contributed by atoms with E-state index in [0.29, 0.717) is 0 Å². The molecule has 1 amide bonds. The Morgan fingerprint density at radius 2 is 2.19 bits per heavy atom. The number of anilines is 3. The summed E-state index contributed by atoms with van der Waals surface area (Å²) in [5, 5.41) is 8.62. The lowest BCUT2D eigenvalue weighted by molar-refractivity contribution is -0.114. The second-order valence-electron chi connectivity index (χ2n) is 3.22. The number of rotatable bonds is 3. The van der Waals surface area contributed by atoms with Crippen molar-refractivity contribution in [2.75, 3.05) is 10.6 Å². The van der Waals surface area contributed by atoms with Crippen molar-refractivity contribution in [3.8, 4) is 0 Å². The zero-order valence-corrected chi connectivity index (χ0v) is 9.54. The van der Waals surface area contributed by atoms with E-state index in [1.165, 1.54) is 18.3 Å². The van der Waals surface area contributed by atoms with Crippen LogP contribution in [0.3, 0.4) is 0 Å². The third kappa shape index (κ3) is 2.80. The predicted octanol–water partition coefficient (Wildman–Crippen LogP) is 2.85. The van der Waals surface area contributed by atoms with Crippen LogP contribution in [0.15, 0.2) is 35.8 Å². The van der Waals surface area contributed by atoms with Gasteiger partial charge in [-0.2, -0.15) is 0 Å². The first-order chi connectivity index (χ1) is 7.74. The molecular weight excluding hydrogens is 222 g/mol. The van der Waals surface area contributed by atoms with Crippen molar-refractivity contribution < 1.29 is 4.79 Å². The van der Waals surface area contributed by atoms with Gasteiger partial charge in [-0.15, -0.1) is 11.3 Å². The summed E-state index contributed by atoms with van der Waals surface area (Å²) < 4.78 is 0. The molecule has 4 nitrogen and oxygen atoms in total. The maximum Gasteiger partial charge on any atom is 0.221 e. The lowest BCUT2D eigenvalue weighted by atomic mass is 10.3. The summed E-state index contributed by atoms with van der Waals surface area (Å²) in [7, 11) is 0. The molecule has 2 rings (SSSR count). The monoisotopic (exact) mass is 233 g/mol. The van der Waals surface area contributed by atoms with Gasteiger partial charge >= 0.3 is 0 Å². The number of nitrogens with one attached hydrogen (secondary N) is 2. The van der Waals surface area contributed by atoms with Gasteiger partial charge in [-0.25, -0.2) is 4.98 Å². The summed E-state index contributed by atoms with van der Waals surface area (Å²) in [5.41, 5.74) is 1.68. The first-order valence-electron chi connectivity index (χ1n) is 4.78. The quantitative estimate of drug-likeness (QED) is 0.857. The van der Waals surface area contributed by atoms with Crippen molar-refractivity contribution >= 4 is 33.8 Å². The van der Waals surface area contributed by atoms with E-state index < -0.39 is 0 Å². The highest BCUT2D eigenvalue weighted by Gasteiger charge is 1.99. The predicted molar refractivity (Wildman–Crippen MR) is 66.1 cm³/mol. The lowest BCUT2D eigenvalue weighted by Crippen LogP contribution is -2.05. The third-order valence-electron chi connectivity index (χ3n) is 1.87. The number of amides is 1. The summed E-state index contributed by atoms with van der Waals surface area (Å²) >= 11 is 1.53. The summed E-state index contributed by atoms with van der Waals surface area (Å²) in [5.74, 6) is -0.0774. The third-order valence-corrected chi connectivity index (χ3v) is 2.56. The topological polar surface area (TPSA) is 54.0 Å². The maximum absolute atomic E-state index is 10.9. The van der Waals surface area contributed by atoms with Crippen LogP contribution in [-0.4, -0.2) is 10.9 Å². The minimum atomic E-state index is -0.0774. The fourth-order valence-electron chi connectivity index (χ4n) is 1.29. The van der Waals surface area contributed by atoms with E-state index in [1.54, 1.807) is 6.20 Å². The molecule has 1 heterocycles. The normalized spacial score (nSPS) is 9.81. The van der Waals surface area contributed by atoms with Gasteiger partial charge in [0, 0.05) is 29.9 Å². The molecule has 0 fully saturated rings. The Kier molecular flexibility index (Phi) is 3.16. The second kappa shape index (κ2) is 4.76. The smallest absolute Gasteiger partial charge is 0.221 e. The molecular formula is C11H11N3OS. The Hall–Kier alpha value is -1.88. The summed E-state index contributed by atoms with van der Waals surface area (Å²) in [6.07, 6.45) is 1.74. The molecule has 1 aromatic heterocycles. The summed E-state index contributed by atoms with van der Waals surface area (Å²) in [6, 6.07) is 7.51. The molecule has 16 heavy (non-hydrogen) atoms. The van der Waals surface area contributed by atoms with E-state index in [9.17, 15) is 4.79 Å². The van der Waals surface area contributed by atoms with Crippen molar-refractivity contribution in [1.29, 1.82) is 0 Å². The Balaban J connectivity index is 2.13. The van der Waals surface area contributed by atoms with Crippen LogP contribution in [-0.2, 0) is 4.79 Å². The number of hydrogen-bond acceptors (Lipinski definition) is 4. The van der Waals surface area contributed by atoms with E-state index in [1.807, 2.05) is 29.6 Å². The molecule has 2 N–H and O–H groups in total. The zero-order chi connectivity index (χ0) is 11.4. The van der Waals surface area contributed by atoms with Gasteiger partial charge in [0.2, 0.25) is 5.91 Å². The molecule has 0 atom stereocenters. The van der Waals surface area contributed by atoms with Crippen LogP contribution in [0.25, 0.3) is 0 Å². The number of thiazole rings is 1. The van der Waals surface area contributed by atoms with Gasteiger partial charge < -0.3 is 10.6 Å². The first kappa shape index (κ1) is 10.6. The lowest BCUT2D eigenvalue weighted by Gasteiger charge is -2.06. The van der Waals surface area contributed by atoms with E-state index in [4.69, 9.17) is 0 Å². The molecule has 5 heteroatoms. The minimum Gasteiger partial charge on any atom is -0.331 e. The van der Waals surface area contributed by atoms with Crippen LogP contribution < -0.4 is 10.6 Å². The number of hydrogen-bond donors (Lipinski definition) is 2. The van der Waals surface area contributed by atoms with Crippen molar-refractivity contribution in [1.82, 2.24) is 4.98 Å². The molecule has 1 aromatic carbocycles. The number of carbonyl (C=O) groups is 1. The number of aromatic nitrogens is 1. The Labute approximate surface area is 97.3 Å². The SMILES string of the molecule is CC(=O)Nc1cccc(Nc2nccs2)c1. The van der Waals surface area contributed by atoms with Gasteiger partial charge in [0.25, 0.3) is 0 Å². The molecule has 2 aromatic rings. The summed E-state index contributed by atoms with van der Waals surface area (Å²) in [6.45, 7) is 1.49. The maximum atomic E-state index is 10.9. The second-order valence-corrected chi connectivity index (χ2v) is 4.12. The van der Waals surface area contributed by atoms with E-state index in [0.717, 1.165) is 16.5 Å². The highest BCUT2D eigenvalue weighted by Crippen LogP contribution is 2.21. The van der Waals surface area contributed by atoms with Gasteiger partial charge in [-0.1, -0.05) is 6.07 Å². The van der Waals surface area contributed by atoms with E-state index >= 15 is 0 Å². The molecule has 0 aliphatic carbocycles. The van der Waals surface area contributed by atoms with Crippen LogP contribution in [0.4, 0.5) is 16.5 Å². The molecule has 82 valence electrons. The van der Waals surface area contributed by atoms with Crippen LogP contribution in [0.2, 0.25) is 0 Å². The highest BCUT2D eigenvalue weighted by molar-refractivity contribution is 7.13. The number of carbonyl (C=O) groups excluding carboxylic acids is 1. The van der Waals surface area contributed by atoms with Crippen LogP contribution in [0.5, 0.6) is 0 Å². The van der Waals surface area contributed by atoms with Gasteiger partial charge in [0.05, 0.1) is 0 Å². The highest BCUT2D eigenvalue weighted by atomic mass is 32.1. The van der Waals surface area contributed by atoms with E-state index in [-0.39, 0.29) is 5.91 Å². The molecule has 0 aliphatic heterocycles. The Morgan fingerprint density at radius 1 is 1.38 bits per heavy atom. The van der Waals surface area contributed by atoms with Gasteiger partial charge in [0.1, 0.15) is 0 Å². The Morgan fingerprint density at radius 3 is 2.88 bits per heavy atom. The minimum absolute atomic E-state index is 0.0774. The molecule has 0 saturated heterocycles. The summed E-state index contributed by atoms with van der Waals surface area (Å²) in [4.78, 5) is 15.0. The van der Waals surface area contributed by atoms with Crippen LogP contribution in [0.1, 0.15) is 6.92 Å². The standard InChI is InChI=1S/C11H11N3OS/c1-8(15)13-9-3-2-4-10(7-9)14-11-12-5-6-16-11/h2-7H,1H3,(H,12,14)(H,13,15). The van der Waals surface area contributed by atoms with Crippen LogP contribution in [0, 0.1) is 0 Å². The average Bonchev–Trinajstić information content (AvgIpc) is 2.70. The van der Waals surface area contributed by atoms with E-state index in [2.05, 4.69) is 15.6 Å². The number of benzene rings is 1. The van der Waals surface area contributed by atoms with Gasteiger partial charge in [-0.3, -0.25) is 4.79 Å². The molecule has 0 spiro atoms. The van der Waals surface area contributed by atoms with Crippen LogP contribution >= 0.6 is 11.3 Å². The molecule has 0 saturated carbocycles. The van der Waals surface area contributed by atoms with Crippen molar-refractivity contribution in [3.63, 3.8) is 0 Å².